The molecule has 4 heteroatoms. The number of nitrogens with one attached hydrogen (secondary N) is 2. The first-order chi connectivity index (χ1) is 10.3. The first kappa shape index (κ1) is 19.0. The number of amides is 2. The molecule has 128 valence electrons. The van der Waals surface area contributed by atoms with Crippen molar-refractivity contribution in [3.63, 3.8) is 0 Å². The van der Waals surface area contributed by atoms with Crippen molar-refractivity contribution in [2.45, 2.75) is 72.8 Å². The fourth-order valence-electron chi connectivity index (χ4n) is 2.92. The Hall–Kier alpha value is -1.06. The second-order valence-electron chi connectivity index (χ2n) is 7.66. The molecule has 0 aromatic rings. The topological polar surface area (TPSA) is 58.2 Å². The third-order valence-electron chi connectivity index (χ3n) is 4.65. The predicted octanol–water partition coefficient (Wildman–Crippen LogP) is 3.12. The lowest BCUT2D eigenvalue weighted by atomic mass is 9.82. The fourth-order valence-corrected chi connectivity index (χ4v) is 2.92. The van der Waals surface area contributed by atoms with E-state index in [0.717, 1.165) is 38.0 Å². The van der Waals surface area contributed by atoms with E-state index in [2.05, 4.69) is 31.4 Å². The summed E-state index contributed by atoms with van der Waals surface area (Å²) in [4.78, 5) is 24.7. The maximum absolute atomic E-state index is 12.4. The fraction of sp³-hybridized carbons (Fsp3) is 0.889. The van der Waals surface area contributed by atoms with Crippen molar-refractivity contribution in [1.29, 1.82) is 0 Å². The van der Waals surface area contributed by atoms with Gasteiger partial charge in [0, 0.05) is 12.5 Å². The summed E-state index contributed by atoms with van der Waals surface area (Å²) >= 11 is 0. The van der Waals surface area contributed by atoms with Gasteiger partial charge in [-0.15, -0.1) is 0 Å². The van der Waals surface area contributed by atoms with E-state index in [1.807, 2.05) is 13.8 Å². The van der Waals surface area contributed by atoms with E-state index >= 15 is 0 Å². The normalized spacial score (nSPS) is 23.4. The molecule has 0 bridgehead atoms. The van der Waals surface area contributed by atoms with Gasteiger partial charge in [0.1, 0.15) is 6.04 Å². The Morgan fingerprint density at radius 2 is 1.64 bits per heavy atom. The molecule has 1 aliphatic rings. The second-order valence-corrected chi connectivity index (χ2v) is 7.66. The van der Waals surface area contributed by atoms with Crippen molar-refractivity contribution in [3.8, 4) is 0 Å². The van der Waals surface area contributed by atoms with Gasteiger partial charge in [0.25, 0.3) is 0 Å². The summed E-state index contributed by atoms with van der Waals surface area (Å²) in [6.07, 6.45) is 5.10. The quantitative estimate of drug-likeness (QED) is 0.759. The number of hydrogen-bond donors (Lipinski definition) is 2. The van der Waals surface area contributed by atoms with Crippen LogP contribution in [0, 0.1) is 23.7 Å². The van der Waals surface area contributed by atoms with Crippen LogP contribution in [0.25, 0.3) is 0 Å². The van der Waals surface area contributed by atoms with Gasteiger partial charge in [-0.3, -0.25) is 9.59 Å². The van der Waals surface area contributed by atoms with Crippen molar-refractivity contribution in [2.75, 3.05) is 6.54 Å². The minimum Gasteiger partial charge on any atom is -0.354 e. The molecule has 1 aliphatic carbocycles. The van der Waals surface area contributed by atoms with Crippen LogP contribution in [0.4, 0.5) is 0 Å². The Balaban J connectivity index is 2.49. The van der Waals surface area contributed by atoms with Crippen LogP contribution in [0.1, 0.15) is 66.7 Å². The van der Waals surface area contributed by atoms with Gasteiger partial charge in [0.2, 0.25) is 11.8 Å². The van der Waals surface area contributed by atoms with Crippen LogP contribution in [-0.4, -0.2) is 24.4 Å². The lowest BCUT2D eigenvalue weighted by Gasteiger charge is -2.28. The van der Waals surface area contributed by atoms with Gasteiger partial charge in [0.15, 0.2) is 0 Å². The largest absolute Gasteiger partial charge is 0.354 e. The first-order valence-corrected chi connectivity index (χ1v) is 8.89. The van der Waals surface area contributed by atoms with Crippen LogP contribution >= 0.6 is 0 Å². The zero-order valence-corrected chi connectivity index (χ0v) is 14.9. The monoisotopic (exact) mass is 310 g/mol. The summed E-state index contributed by atoms with van der Waals surface area (Å²) in [5.74, 6) is 1.49. The Labute approximate surface area is 135 Å². The maximum atomic E-state index is 12.4. The van der Waals surface area contributed by atoms with E-state index in [0.29, 0.717) is 12.5 Å². The van der Waals surface area contributed by atoms with E-state index < -0.39 is 6.04 Å². The Morgan fingerprint density at radius 1 is 1.05 bits per heavy atom. The lowest BCUT2D eigenvalue weighted by Crippen LogP contribution is -2.51. The number of hydrogen-bond acceptors (Lipinski definition) is 2. The highest BCUT2D eigenvalue weighted by Crippen LogP contribution is 2.28. The third-order valence-corrected chi connectivity index (χ3v) is 4.65. The molecule has 0 aromatic heterocycles. The minimum atomic E-state index is -0.418. The van der Waals surface area contributed by atoms with E-state index in [-0.39, 0.29) is 23.7 Å². The van der Waals surface area contributed by atoms with Crippen LogP contribution < -0.4 is 10.6 Å². The summed E-state index contributed by atoms with van der Waals surface area (Å²) in [5, 5.41) is 5.95. The number of carbonyl (C=O) groups excluding carboxylic acids is 2. The summed E-state index contributed by atoms with van der Waals surface area (Å²) in [6.45, 7) is 11.2. The van der Waals surface area contributed by atoms with Gasteiger partial charge >= 0.3 is 0 Å². The van der Waals surface area contributed by atoms with Gasteiger partial charge in [-0.2, -0.15) is 0 Å². The van der Waals surface area contributed by atoms with Crippen LogP contribution in [0.3, 0.4) is 0 Å². The van der Waals surface area contributed by atoms with Crippen molar-refractivity contribution in [3.05, 3.63) is 0 Å². The SMILES string of the molecule is CC(C)CCNC(=O)C(NC(=O)C1CCC(C)CC1)C(C)C. The molecule has 0 heterocycles. The molecule has 2 N–H and O–H groups in total. The van der Waals surface area contributed by atoms with Crippen molar-refractivity contribution < 1.29 is 9.59 Å². The molecule has 1 rings (SSSR count). The zero-order valence-electron chi connectivity index (χ0n) is 14.9. The lowest BCUT2D eigenvalue weighted by molar-refractivity contribution is -0.132. The molecule has 1 saturated carbocycles. The highest BCUT2D eigenvalue weighted by atomic mass is 16.2. The molecule has 2 amide bonds. The molecule has 22 heavy (non-hydrogen) atoms. The highest BCUT2D eigenvalue weighted by Gasteiger charge is 2.29. The molecule has 1 unspecified atom stereocenters. The highest BCUT2D eigenvalue weighted by molar-refractivity contribution is 5.88. The van der Waals surface area contributed by atoms with E-state index in [1.54, 1.807) is 0 Å². The molecule has 1 atom stereocenters. The van der Waals surface area contributed by atoms with E-state index in [4.69, 9.17) is 0 Å². The van der Waals surface area contributed by atoms with Crippen LogP contribution in [0.5, 0.6) is 0 Å². The van der Waals surface area contributed by atoms with Crippen LogP contribution in [-0.2, 0) is 9.59 Å². The predicted molar refractivity (Wildman–Crippen MR) is 90.4 cm³/mol. The average molecular weight is 310 g/mol. The standard InChI is InChI=1S/C18H34N2O2/c1-12(2)10-11-19-18(22)16(13(3)4)20-17(21)15-8-6-14(5)7-9-15/h12-16H,6-11H2,1-5H3,(H,19,22)(H,20,21). The number of carbonyl (C=O) groups is 2. The molecule has 0 aliphatic heterocycles. The van der Waals surface area contributed by atoms with Crippen molar-refractivity contribution in [2.24, 2.45) is 23.7 Å². The Morgan fingerprint density at radius 3 is 2.14 bits per heavy atom. The molecule has 0 radical (unpaired) electrons. The molecular weight excluding hydrogens is 276 g/mol. The molecule has 0 aromatic carbocycles. The molecule has 4 nitrogen and oxygen atoms in total. The summed E-state index contributed by atoms with van der Waals surface area (Å²) in [7, 11) is 0. The van der Waals surface area contributed by atoms with Gasteiger partial charge in [-0.25, -0.2) is 0 Å². The van der Waals surface area contributed by atoms with Gasteiger partial charge in [0.05, 0.1) is 0 Å². The summed E-state index contributed by atoms with van der Waals surface area (Å²) in [6, 6.07) is -0.418. The second kappa shape index (κ2) is 9.16. The third kappa shape index (κ3) is 6.37. The van der Waals surface area contributed by atoms with Gasteiger partial charge in [-0.1, -0.05) is 34.6 Å². The zero-order chi connectivity index (χ0) is 16.7. The Bertz CT molecular complexity index is 358. The average Bonchev–Trinajstić information content (AvgIpc) is 2.44. The minimum absolute atomic E-state index is 0.0480. The van der Waals surface area contributed by atoms with E-state index in [9.17, 15) is 9.59 Å². The smallest absolute Gasteiger partial charge is 0.242 e. The summed E-state index contributed by atoms with van der Waals surface area (Å²) in [5.41, 5.74) is 0. The molecule has 0 saturated heterocycles. The van der Waals surface area contributed by atoms with Gasteiger partial charge < -0.3 is 10.6 Å². The summed E-state index contributed by atoms with van der Waals surface area (Å²) < 4.78 is 0. The van der Waals surface area contributed by atoms with Crippen molar-refractivity contribution in [1.82, 2.24) is 10.6 Å². The Kier molecular flexibility index (Phi) is 7.91. The number of rotatable bonds is 7. The molecular formula is C18H34N2O2. The van der Waals surface area contributed by atoms with Gasteiger partial charge in [-0.05, 0) is 49.9 Å². The molecule has 1 fully saturated rings. The molecule has 0 spiro atoms. The van der Waals surface area contributed by atoms with Crippen molar-refractivity contribution >= 4 is 11.8 Å². The maximum Gasteiger partial charge on any atom is 0.242 e. The van der Waals surface area contributed by atoms with E-state index in [1.165, 1.54) is 0 Å². The van der Waals surface area contributed by atoms with Crippen LogP contribution in [0.2, 0.25) is 0 Å². The van der Waals surface area contributed by atoms with Crippen LogP contribution in [0.15, 0.2) is 0 Å². The first-order valence-electron chi connectivity index (χ1n) is 8.89.